The highest BCUT2D eigenvalue weighted by Crippen LogP contribution is 2.31. The van der Waals surface area contributed by atoms with Crippen molar-refractivity contribution in [3.63, 3.8) is 0 Å². The first-order valence-electron chi connectivity index (χ1n) is 10.1. The van der Waals surface area contributed by atoms with Crippen molar-refractivity contribution < 1.29 is 23.9 Å². The summed E-state index contributed by atoms with van der Waals surface area (Å²) in [5.74, 6) is -0.605. The van der Waals surface area contributed by atoms with Crippen LogP contribution in [0.3, 0.4) is 0 Å². The fraction of sp³-hybridized carbons (Fsp3) is 0.0800. The largest absolute Gasteiger partial charge is 0.493 e. The van der Waals surface area contributed by atoms with Crippen LogP contribution in [-0.2, 0) is 16.2 Å². The number of nitrogens with one attached hydrogen (secondary N) is 1. The van der Waals surface area contributed by atoms with E-state index in [0.717, 1.165) is 14.9 Å². The number of hydrogen-bond acceptors (Lipinski definition) is 5. The summed E-state index contributed by atoms with van der Waals surface area (Å²) in [6.45, 7) is 0.317. The molecule has 1 aliphatic heterocycles. The SMILES string of the molecule is COc1cc(/C=C2\C(=O)NC(=O)N(c3ccc(Cl)cc3)C2=O)ccc1OCc1ccccc1Br. The second-order valence-electron chi connectivity index (χ2n) is 7.22. The van der Waals surface area contributed by atoms with E-state index in [-0.39, 0.29) is 5.57 Å². The van der Waals surface area contributed by atoms with Crippen LogP contribution in [-0.4, -0.2) is 25.0 Å². The smallest absolute Gasteiger partial charge is 0.335 e. The molecular formula is C25H18BrClN2O5. The van der Waals surface area contributed by atoms with Crippen LogP contribution >= 0.6 is 27.5 Å². The summed E-state index contributed by atoms with van der Waals surface area (Å²) in [6.07, 6.45) is 1.40. The first-order valence-corrected chi connectivity index (χ1v) is 11.3. The van der Waals surface area contributed by atoms with Crippen LogP contribution in [0.1, 0.15) is 11.1 Å². The van der Waals surface area contributed by atoms with Crippen LogP contribution in [0.15, 0.2) is 76.8 Å². The summed E-state index contributed by atoms with van der Waals surface area (Å²) < 4.78 is 12.3. The second-order valence-corrected chi connectivity index (χ2v) is 8.52. The highest BCUT2D eigenvalue weighted by atomic mass is 79.9. The molecule has 3 aromatic rings. The third-order valence-corrected chi connectivity index (χ3v) is 6.05. The average Bonchev–Trinajstić information content (AvgIpc) is 2.82. The van der Waals surface area contributed by atoms with Gasteiger partial charge >= 0.3 is 6.03 Å². The molecule has 4 rings (SSSR count). The molecule has 0 bridgehead atoms. The van der Waals surface area contributed by atoms with E-state index in [9.17, 15) is 14.4 Å². The summed E-state index contributed by atoms with van der Waals surface area (Å²) in [7, 11) is 1.50. The first-order chi connectivity index (χ1) is 16.4. The number of methoxy groups -OCH3 is 1. The molecule has 3 aromatic carbocycles. The van der Waals surface area contributed by atoms with Gasteiger partial charge in [0.25, 0.3) is 11.8 Å². The zero-order chi connectivity index (χ0) is 24.2. The molecule has 1 heterocycles. The fourth-order valence-corrected chi connectivity index (χ4v) is 3.84. The number of urea groups is 1. The molecule has 1 aliphatic rings. The van der Waals surface area contributed by atoms with E-state index in [4.69, 9.17) is 21.1 Å². The fourth-order valence-electron chi connectivity index (χ4n) is 3.31. The van der Waals surface area contributed by atoms with Crippen LogP contribution in [0.4, 0.5) is 10.5 Å². The van der Waals surface area contributed by atoms with E-state index in [1.54, 1.807) is 30.3 Å². The minimum absolute atomic E-state index is 0.196. The number of rotatable bonds is 6. The molecule has 0 atom stereocenters. The topological polar surface area (TPSA) is 84.9 Å². The summed E-state index contributed by atoms with van der Waals surface area (Å²) in [6, 6.07) is 18.0. The molecule has 0 aliphatic carbocycles. The Morgan fingerprint density at radius 2 is 1.74 bits per heavy atom. The first kappa shape index (κ1) is 23.5. The van der Waals surface area contributed by atoms with Gasteiger partial charge in [-0.3, -0.25) is 14.9 Å². The number of benzene rings is 3. The van der Waals surface area contributed by atoms with E-state index in [1.807, 2.05) is 24.3 Å². The molecule has 1 fully saturated rings. The van der Waals surface area contributed by atoms with Gasteiger partial charge in [0.2, 0.25) is 0 Å². The van der Waals surface area contributed by atoms with E-state index in [0.29, 0.717) is 34.4 Å². The zero-order valence-corrected chi connectivity index (χ0v) is 20.2. The number of ether oxygens (including phenoxy) is 2. The summed E-state index contributed by atoms with van der Waals surface area (Å²) in [5.41, 5.74) is 1.58. The third kappa shape index (κ3) is 4.98. The molecule has 0 spiro atoms. The van der Waals surface area contributed by atoms with Gasteiger partial charge < -0.3 is 9.47 Å². The van der Waals surface area contributed by atoms with Gasteiger partial charge in [0.05, 0.1) is 12.8 Å². The number of hydrogen-bond donors (Lipinski definition) is 1. The molecule has 7 nitrogen and oxygen atoms in total. The summed E-state index contributed by atoms with van der Waals surface area (Å²) >= 11 is 9.38. The summed E-state index contributed by atoms with van der Waals surface area (Å²) in [5, 5.41) is 2.65. The number of nitrogens with zero attached hydrogens (tertiary/aromatic N) is 1. The third-order valence-electron chi connectivity index (χ3n) is 5.03. The lowest BCUT2D eigenvalue weighted by molar-refractivity contribution is -0.122. The van der Waals surface area contributed by atoms with Crippen molar-refractivity contribution in [3.05, 3.63) is 92.9 Å². The molecular weight excluding hydrogens is 524 g/mol. The molecule has 9 heteroatoms. The maximum Gasteiger partial charge on any atom is 0.335 e. The maximum absolute atomic E-state index is 13.0. The van der Waals surface area contributed by atoms with E-state index >= 15 is 0 Å². The normalized spacial score (nSPS) is 14.9. The Morgan fingerprint density at radius 3 is 2.44 bits per heavy atom. The van der Waals surface area contributed by atoms with Gasteiger partial charge in [-0.25, -0.2) is 9.69 Å². The van der Waals surface area contributed by atoms with Crippen molar-refractivity contribution in [2.24, 2.45) is 0 Å². The second kappa shape index (κ2) is 10.1. The Hall–Kier alpha value is -3.62. The standard InChI is InChI=1S/C25H18BrClN2O5/c1-33-22-13-15(6-11-21(22)34-14-16-4-2-3-5-20(16)26)12-19-23(30)28-25(32)29(24(19)31)18-9-7-17(27)8-10-18/h2-13H,14H2,1H3,(H,28,30,32)/b19-12+. The molecule has 0 aromatic heterocycles. The Balaban J connectivity index is 1.60. The van der Waals surface area contributed by atoms with Gasteiger partial charge in [0.1, 0.15) is 12.2 Å². The van der Waals surface area contributed by atoms with Crippen LogP contribution in [0.5, 0.6) is 11.5 Å². The van der Waals surface area contributed by atoms with E-state index < -0.39 is 17.8 Å². The highest BCUT2D eigenvalue weighted by molar-refractivity contribution is 9.10. The molecule has 0 unspecified atom stereocenters. The number of halogens is 2. The van der Waals surface area contributed by atoms with Gasteiger partial charge in [0, 0.05) is 15.1 Å². The van der Waals surface area contributed by atoms with Gasteiger partial charge in [0.15, 0.2) is 11.5 Å². The van der Waals surface area contributed by atoms with Crippen molar-refractivity contribution in [2.75, 3.05) is 12.0 Å². The van der Waals surface area contributed by atoms with Crippen LogP contribution in [0, 0.1) is 0 Å². The van der Waals surface area contributed by atoms with E-state index in [2.05, 4.69) is 21.2 Å². The maximum atomic E-state index is 13.0. The number of carbonyl (C=O) groups excluding carboxylic acids is 3. The predicted molar refractivity (Wildman–Crippen MR) is 132 cm³/mol. The number of barbiturate groups is 1. The lowest BCUT2D eigenvalue weighted by Crippen LogP contribution is -2.54. The van der Waals surface area contributed by atoms with Gasteiger partial charge in [-0.05, 0) is 54.1 Å². The Labute approximate surface area is 209 Å². The number of anilines is 1. The highest BCUT2D eigenvalue weighted by Gasteiger charge is 2.36. The monoisotopic (exact) mass is 540 g/mol. The van der Waals surface area contributed by atoms with Crippen molar-refractivity contribution >= 4 is 57.1 Å². The molecule has 4 amide bonds. The molecule has 172 valence electrons. The number of carbonyl (C=O) groups is 3. The lowest BCUT2D eigenvalue weighted by Gasteiger charge is -2.26. The van der Waals surface area contributed by atoms with Gasteiger partial charge in [-0.1, -0.05) is 51.8 Å². The van der Waals surface area contributed by atoms with Crippen molar-refractivity contribution in [1.29, 1.82) is 0 Å². The average molecular weight is 542 g/mol. The minimum atomic E-state index is -0.831. The zero-order valence-electron chi connectivity index (χ0n) is 17.9. The number of imide groups is 2. The Kier molecular flexibility index (Phi) is 7.00. The van der Waals surface area contributed by atoms with Crippen molar-refractivity contribution in [1.82, 2.24) is 5.32 Å². The molecule has 0 radical (unpaired) electrons. The quantitative estimate of drug-likeness (QED) is 0.336. The predicted octanol–water partition coefficient (Wildman–Crippen LogP) is 5.36. The van der Waals surface area contributed by atoms with Gasteiger partial charge in [-0.2, -0.15) is 0 Å². The molecule has 1 saturated heterocycles. The van der Waals surface area contributed by atoms with Crippen LogP contribution in [0.25, 0.3) is 6.08 Å². The van der Waals surface area contributed by atoms with Crippen LogP contribution < -0.4 is 19.7 Å². The Morgan fingerprint density at radius 1 is 1.00 bits per heavy atom. The summed E-state index contributed by atoms with van der Waals surface area (Å²) in [4.78, 5) is 38.7. The molecule has 0 saturated carbocycles. The minimum Gasteiger partial charge on any atom is -0.493 e. The van der Waals surface area contributed by atoms with Crippen LogP contribution in [0.2, 0.25) is 5.02 Å². The lowest BCUT2D eigenvalue weighted by atomic mass is 10.1. The Bertz CT molecular complexity index is 1310. The van der Waals surface area contributed by atoms with Crippen molar-refractivity contribution in [3.8, 4) is 11.5 Å². The van der Waals surface area contributed by atoms with Crippen molar-refractivity contribution in [2.45, 2.75) is 6.61 Å². The molecule has 34 heavy (non-hydrogen) atoms. The number of amides is 4. The van der Waals surface area contributed by atoms with Gasteiger partial charge in [-0.15, -0.1) is 0 Å². The molecule has 1 N–H and O–H groups in total. The van der Waals surface area contributed by atoms with E-state index in [1.165, 1.54) is 25.3 Å².